The number of hydrogen-bond donors (Lipinski definition) is 3. The normalized spacial score (nSPS) is 18.3. The van der Waals surface area contributed by atoms with Gasteiger partial charge in [0.25, 0.3) is 5.91 Å². The number of para-hydroxylation sites is 1. The van der Waals surface area contributed by atoms with Crippen molar-refractivity contribution < 1.29 is 9.53 Å². The summed E-state index contributed by atoms with van der Waals surface area (Å²) >= 11 is 1.09. The van der Waals surface area contributed by atoms with Crippen LogP contribution in [0.15, 0.2) is 59.4 Å². The Balaban J connectivity index is 1.24. The molecule has 0 saturated carbocycles. The minimum absolute atomic E-state index is 0.0249. The summed E-state index contributed by atoms with van der Waals surface area (Å²) in [5.41, 5.74) is 8.24. The molecule has 0 radical (unpaired) electrons. The summed E-state index contributed by atoms with van der Waals surface area (Å²) in [5.74, 6) is 0.897. The fraction of sp³-hybridized carbons (Fsp3) is 0.250. The minimum atomic E-state index is -0.187. The zero-order valence-electron chi connectivity index (χ0n) is 18.5. The van der Waals surface area contributed by atoms with Gasteiger partial charge in [-0.1, -0.05) is 29.5 Å². The monoisotopic (exact) mass is 476 g/mol. The topological polar surface area (TPSA) is 126 Å². The lowest BCUT2D eigenvalue weighted by Gasteiger charge is -2.18. The van der Waals surface area contributed by atoms with Crippen LogP contribution in [0.2, 0.25) is 0 Å². The highest BCUT2D eigenvalue weighted by Gasteiger charge is 2.35. The number of carbonyl (C=O) groups excluding carboxylic acids is 1. The number of likely N-dealkylation sites (tertiary alicyclic amines) is 1. The number of aromatic amines is 1. The summed E-state index contributed by atoms with van der Waals surface area (Å²) in [5, 5.41) is 11.4. The number of ether oxygens (including phenoxy) is 1. The molecule has 1 saturated heterocycles. The van der Waals surface area contributed by atoms with E-state index in [0.29, 0.717) is 35.3 Å². The second-order valence-electron chi connectivity index (χ2n) is 8.40. The standard InChI is InChI=1S/C24H24N6O3S/c1-30-11-18(23-28-29-24(32)34-23)20(12-30)27-22(31)14-6-8-16(9-7-14)33-13-15-10-21(25)26-19-5-3-2-4-17(15)19/h2-10,18,20H,11-13H2,1H3,(H2,25,26)(H,27,31)(H,29,32)/t18-,20+/m0/s1. The van der Waals surface area contributed by atoms with Crippen molar-refractivity contribution in [2.75, 3.05) is 25.9 Å². The average Bonchev–Trinajstić information content (AvgIpc) is 3.42. The number of benzene rings is 2. The maximum Gasteiger partial charge on any atom is 0.322 e. The van der Waals surface area contributed by atoms with Gasteiger partial charge in [-0.3, -0.25) is 9.59 Å². The molecule has 174 valence electrons. The van der Waals surface area contributed by atoms with Crippen LogP contribution in [-0.4, -0.2) is 52.2 Å². The fourth-order valence-corrected chi connectivity index (χ4v) is 5.06. The lowest BCUT2D eigenvalue weighted by Crippen LogP contribution is -2.39. The number of likely N-dealkylation sites (N-methyl/N-ethyl adjacent to an activating group) is 1. The van der Waals surface area contributed by atoms with Gasteiger partial charge >= 0.3 is 4.87 Å². The molecule has 0 aliphatic carbocycles. The third-order valence-corrected chi connectivity index (χ3v) is 6.80. The van der Waals surface area contributed by atoms with Crippen molar-refractivity contribution in [1.29, 1.82) is 0 Å². The SMILES string of the molecule is CN1C[C@H](c2n[nH]c(=O)s2)[C@H](NC(=O)c2ccc(OCc3cc(N)nc4ccccc34)cc2)C1. The van der Waals surface area contributed by atoms with Crippen molar-refractivity contribution in [3.05, 3.63) is 80.4 Å². The molecular formula is C24H24N6O3S. The molecule has 1 amide bonds. The maximum atomic E-state index is 12.9. The van der Waals surface area contributed by atoms with Crippen LogP contribution in [0.3, 0.4) is 0 Å². The molecule has 4 N–H and O–H groups in total. The van der Waals surface area contributed by atoms with E-state index in [4.69, 9.17) is 10.5 Å². The highest BCUT2D eigenvalue weighted by atomic mass is 32.1. The van der Waals surface area contributed by atoms with Gasteiger partial charge < -0.3 is 20.7 Å². The Labute approximate surface area is 199 Å². The fourth-order valence-electron chi connectivity index (χ4n) is 4.30. The Morgan fingerprint density at radius 2 is 2.03 bits per heavy atom. The van der Waals surface area contributed by atoms with Gasteiger partial charge in [0.2, 0.25) is 0 Å². The van der Waals surface area contributed by atoms with Crippen molar-refractivity contribution in [2.24, 2.45) is 0 Å². The van der Waals surface area contributed by atoms with Gasteiger partial charge in [0.15, 0.2) is 0 Å². The quantitative estimate of drug-likeness (QED) is 0.390. The van der Waals surface area contributed by atoms with Gasteiger partial charge in [-0.25, -0.2) is 10.1 Å². The lowest BCUT2D eigenvalue weighted by molar-refractivity contribution is 0.0935. The lowest BCUT2D eigenvalue weighted by atomic mass is 10.0. The Bertz CT molecular complexity index is 1380. The zero-order valence-corrected chi connectivity index (χ0v) is 19.3. The number of fused-ring (bicyclic) bond motifs is 1. The molecule has 2 atom stereocenters. The van der Waals surface area contributed by atoms with Gasteiger partial charge in [-0.15, -0.1) is 0 Å². The molecule has 1 aliphatic heterocycles. The average molecular weight is 477 g/mol. The van der Waals surface area contributed by atoms with E-state index in [2.05, 4.69) is 25.4 Å². The van der Waals surface area contributed by atoms with Gasteiger partial charge in [0, 0.05) is 35.5 Å². The van der Waals surface area contributed by atoms with Crippen LogP contribution < -0.4 is 20.7 Å². The van der Waals surface area contributed by atoms with Crippen LogP contribution in [0, 0.1) is 0 Å². The molecule has 5 rings (SSSR count). The molecular weight excluding hydrogens is 452 g/mol. The number of carbonyl (C=O) groups is 1. The molecule has 4 aromatic rings. The first-order valence-electron chi connectivity index (χ1n) is 10.9. The largest absolute Gasteiger partial charge is 0.489 e. The van der Waals surface area contributed by atoms with Crippen molar-refractivity contribution in [3.8, 4) is 5.75 Å². The first-order chi connectivity index (χ1) is 16.5. The van der Waals surface area contributed by atoms with E-state index in [1.165, 1.54) is 0 Å². The molecule has 0 spiro atoms. The maximum absolute atomic E-state index is 12.9. The van der Waals surface area contributed by atoms with Crippen LogP contribution >= 0.6 is 11.3 Å². The molecule has 2 aromatic carbocycles. The smallest absolute Gasteiger partial charge is 0.322 e. The van der Waals surface area contributed by atoms with Gasteiger partial charge in [0.1, 0.15) is 23.2 Å². The van der Waals surface area contributed by atoms with Gasteiger partial charge in [-0.05, 0) is 43.4 Å². The number of hydrogen-bond acceptors (Lipinski definition) is 8. The summed E-state index contributed by atoms with van der Waals surface area (Å²) in [6, 6.07) is 16.5. The van der Waals surface area contributed by atoms with E-state index in [9.17, 15) is 9.59 Å². The van der Waals surface area contributed by atoms with E-state index < -0.39 is 0 Å². The number of nitrogens with one attached hydrogen (secondary N) is 2. The van der Waals surface area contributed by atoms with Gasteiger partial charge in [0.05, 0.1) is 11.6 Å². The summed E-state index contributed by atoms with van der Waals surface area (Å²) in [6.45, 7) is 1.75. The van der Waals surface area contributed by atoms with Crippen molar-refractivity contribution in [2.45, 2.75) is 18.6 Å². The molecule has 2 aromatic heterocycles. The summed E-state index contributed by atoms with van der Waals surface area (Å²) in [7, 11) is 1.99. The number of nitrogen functional groups attached to an aromatic ring is 1. The van der Waals surface area contributed by atoms with Gasteiger partial charge in [-0.2, -0.15) is 5.10 Å². The van der Waals surface area contributed by atoms with E-state index in [-0.39, 0.29) is 22.7 Å². The number of nitrogens with zero attached hydrogens (tertiary/aromatic N) is 3. The molecule has 3 heterocycles. The van der Waals surface area contributed by atoms with Crippen LogP contribution in [0.5, 0.6) is 5.75 Å². The Hall–Kier alpha value is -3.76. The minimum Gasteiger partial charge on any atom is -0.489 e. The highest BCUT2D eigenvalue weighted by Crippen LogP contribution is 2.27. The van der Waals surface area contributed by atoms with Crippen LogP contribution in [0.4, 0.5) is 5.82 Å². The Morgan fingerprint density at radius 1 is 1.24 bits per heavy atom. The first kappa shape index (κ1) is 22.1. The number of H-pyrrole nitrogens is 1. The van der Waals surface area contributed by atoms with E-state index in [1.54, 1.807) is 24.3 Å². The molecule has 1 fully saturated rings. The number of amides is 1. The molecule has 0 bridgehead atoms. The molecule has 34 heavy (non-hydrogen) atoms. The molecule has 1 aliphatic rings. The first-order valence-corrected chi connectivity index (χ1v) is 11.7. The highest BCUT2D eigenvalue weighted by molar-refractivity contribution is 7.08. The van der Waals surface area contributed by atoms with Crippen molar-refractivity contribution >= 4 is 34.0 Å². The second kappa shape index (κ2) is 9.24. The number of rotatable bonds is 6. The number of aromatic nitrogens is 3. The molecule has 10 heteroatoms. The van der Waals surface area contributed by atoms with E-state index in [1.807, 2.05) is 37.4 Å². The zero-order chi connectivity index (χ0) is 23.7. The Kier molecular flexibility index (Phi) is 5.99. The predicted octanol–water partition coefficient (Wildman–Crippen LogP) is 2.37. The van der Waals surface area contributed by atoms with Crippen LogP contribution in [-0.2, 0) is 6.61 Å². The molecule has 9 nitrogen and oxygen atoms in total. The second-order valence-corrected chi connectivity index (χ2v) is 9.39. The third kappa shape index (κ3) is 4.63. The number of anilines is 1. The van der Waals surface area contributed by atoms with Crippen LogP contribution in [0.1, 0.15) is 26.8 Å². The molecule has 0 unspecified atom stereocenters. The predicted molar refractivity (Wildman–Crippen MR) is 131 cm³/mol. The van der Waals surface area contributed by atoms with Crippen LogP contribution in [0.25, 0.3) is 10.9 Å². The summed E-state index contributed by atoms with van der Waals surface area (Å²) in [6.07, 6.45) is 0. The number of pyridine rings is 1. The van der Waals surface area contributed by atoms with Crippen molar-refractivity contribution in [1.82, 2.24) is 25.4 Å². The number of nitrogens with two attached hydrogens (primary N) is 1. The Morgan fingerprint density at radius 3 is 2.79 bits per heavy atom. The summed E-state index contributed by atoms with van der Waals surface area (Å²) in [4.78, 5) is 30.7. The summed E-state index contributed by atoms with van der Waals surface area (Å²) < 4.78 is 5.95. The van der Waals surface area contributed by atoms with E-state index >= 15 is 0 Å². The van der Waals surface area contributed by atoms with E-state index in [0.717, 1.165) is 34.3 Å². The third-order valence-electron chi connectivity index (χ3n) is 5.92. The van der Waals surface area contributed by atoms with Crippen molar-refractivity contribution in [3.63, 3.8) is 0 Å².